The van der Waals surface area contributed by atoms with Crippen molar-refractivity contribution < 1.29 is 13.9 Å². The molecule has 1 aliphatic rings. The zero-order valence-electron chi connectivity index (χ0n) is 19.9. The molecule has 9 heteroatoms. The van der Waals surface area contributed by atoms with Gasteiger partial charge in [-0.25, -0.2) is 4.39 Å². The van der Waals surface area contributed by atoms with Gasteiger partial charge >= 0.3 is 0 Å². The van der Waals surface area contributed by atoms with Gasteiger partial charge in [-0.1, -0.05) is 13.0 Å². The van der Waals surface area contributed by atoms with Crippen LogP contribution in [0.3, 0.4) is 0 Å². The van der Waals surface area contributed by atoms with Crippen LogP contribution in [0, 0.1) is 5.82 Å². The molecule has 0 spiro atoms. The standard InChI is InChI=1S/C24H34FN5O2.HI/c1-5-29-11-13-30(14-12-29)21-9-7-18(15-20(21)25)17-27-24(26-3)28-19-8-10-22(31-4)23(16-19)32-6-2;/h7-10,15-16H,5-6,11-14,17H2,1-4H3,(H2,26,27,28);1H. The second-order valence-electron chi connectivity index (χ2n) is 7.56. The molecule has 2 aromatic rings. The number of piperazine rings is 1. The fourth-order valence-corrected chi connectivity index (χ4v) is 3.75. The fraction of sp³-hybridized carbons (Fsp3) is 0.458. The molecule has 0 aliphatic carbocycles. The Morgan fingerprint density at radius 1 is 1.06 bits per heavy atom. The number of halogens is 2. The second-order valence-corrected chi connectivity index (χ2v) is 7.56. The molecule has 0 radical (unpaired) electrons. The lowest BCUT2D eigenvalue weighted by atomic mass is 10.1. The highest BCUT2D eigenvalue weighted by atomic mass is 127. The Bertz CT molecular complexity index is 920. The lowest BCUT2D eigenvalue weighted by Crippen LogP contribution is -2.46. The zero-order valence-corrected chi connectivity index (χ0v) is 22.2. The number of rotatable bonds is 8. The summed E-state index contributed by atoms with van der Waals surface area (Å²) in [4.78, 5) is 8.77. The SMILES string of the molecule is CCOc1cc(NC(=NC)NCc2ccc(N3CCN(CC)CC3)c(F)c2)ccc1OC.I. The Morgan fingerprint density at radius 2 is 1.82 bits per heavy atom. The number of hydrogen-bond donors (Lipinski definition) is 2. The van der Waals surface area contributed by atoms with Gasteiger partial charge in [0.15, 0.2) is 17.5 Å². The number of guanidine groups is 1. The number of hydrogen-bond acceptors (Lipinski definition) is 5. The normalized spacial score (nSPS) is 14.5. The third kappa shape index (κ3) is 7.36. The maximum atomic E-state index is 14.8. The number of ether oxygens (including phenoxy) is 2. The van der Waals surface area contributed by atoms with Crippen molar-refractivity contribution in [3.63, 3.8) is 0 Å². The van der Waals surface area contributed by atoms with Crippen molar-refractivity contribution in [3.8, 4) is 11.5 Å². The molecule has 0 aromatic heterocycles. The molecule has 0 amide bonds. The summed E-state index contributed by atoms with van der Waals surface area (Å²) in [6.07, 6.45) is 0. The van der Waals surface area contributed by atoms with Crippen molar-refractivity contribution in [1.29, 1.82) is 0 Å². The van der Waals surface area contributed by atoms with Gasteiger partial charge in [-0.15, -0.1) is 24.0 Å². The van der Waals surface area contributed by atoms with Gasteiger partial charge in [-0.3, -0.25) is 4.99 Å². The minimum absolute atomic E-state index is 0. The van der Waals surface area contributed by atoms with E-state index in [-0.39, 0.29) is 29.8 Å². The first kappa shape index (κ1) is 27.0. The Hall–Kier alpha value is -2.27. The molecule has 33 heavy (non-hydrogen) atoms. The molecule has 0 unspecified atom stereocenters. The highest BCUT2D eigenvalue weighted by Crippen LogP contribution is 2.30. The van der Waals surface area contributed by atoms with E-state index >= 15 is 0 Å². The maximum Gasteiger partial charge on any atom is 0.195 e. The van der Waals surface area contributed by atoms with Gasteiger partial charge in [0.05, 0.1) is 19.4 Å². The van der Waals surface area contributed by atoms with Gasteiger partial charge < -0.3 is 29.9 Å². The zero-order chi connectivity index (χ0) is 22.9. The van der Waals surface area contributed by atoms with Gasteiger partial charge in [0.25, 0.3) is 0 Å². The lowest BCUT2D eigenvalue weighted by molar-refractivity contribution is 0.270. The topological polar surface area (TPSA) is 61.4 Å². The first-order valence-corrected chi connectivity index (χ1v) is 11.1. The van der Waals surface area contributed by atoms with Crippen LogP contribution in [0.5, 0.6) is 11.5 Å². The Morgan fingerprint density at radius 3 is 2.42 bits per heavy atom. The fourth-order valence-electron chi connectivity index (χ4n) is 3.75. The maximum absolute atomic E-state index is 14.8. The average molecular weight is 571 g/mol. The average Bonchev–Trinajstić information content (AvgIpc) is 2.82. The minimum Gasteiger partial charge on any atom is -0.493 e. The summed E-state index contributed by atoms with van der Waals surface area (Å²) in [5.41, 5.74) is 2.34. The number of nitrogens with one attached hydrogen (secondary N) is 2. The number of anilines is 2. The minimum atomic E-state index is -0.186. The largest absolute Gasteiger partial charge is 0.493 e. The van der Waals surface area contributed by atoms with Crippen molar-refractivity contribution in [3.05, 3.63) is 47.8 Å². The first-order chi connectivity index (χ1) is 15.6. The predicted octanol–water partition coefficient (Wildman–Crippen LogP) is 4.18. The van der Waals surface area contributed by atoms with E-state index in [9.17, 15) is 4.39 Å². The molecule has 1 saturated heterocycles. The Kier molecular flexibility index (Phi) is 11.0. The summed E-state index contributed by atoms with van der Waals surface area (Å²) in [5.74, 6) is 1.73. The van der Waals surface area contributed by atoms with Crippen LogP contribution in [-0.4, -0.2) is 64.3 Å². The third-order valence-corrected chi connectivity index (χ3v) is 5.58. The van der Waals surface area contributed by atoms with E-state index in [0.29, 0.717) is 36.3 Å². The van der Waals surface area contributed by atoms with Gasteiger partial charge in [0.2, 0.25) is 0 Å². The molecular formula is C24H35FIN5O2. The molecule has 3 rings (SSSR count). The van der Waals surface area contributed by atoms with Crippen LogP contribution in [0.15, 0.2) is 41.4 Å². The van der Waals surface area contributed by atoms with Crippen LogP contribution in [0.25, 0.3) is 0 Å². The molecule has 7 nitrogen and oxygen atoms in total. The van der Waals surface area contributed by atoms with Crippen molar-refractivity contribution in [2.24, 2.45) is 4.99 Å². The van der Waals surface area contributed by atoms with E-state index in [1.165, 1.54) is 0 Å². The van der Waals surface area contributed by atoms with E-state index in [2.05, 4.69) is 32.3 Å². The van der Waals surface area contributed by atoms with Crippen molar-refractivity contribution in [2.45, 2.75) is 20.4 Å². The van der Waals surface area contributed by atoms with Crippen molar-refractivity contribution in [2.75, 3.05) is 63.7 Å². The Labute approximate surface area is 213 Å². The number of benzene rings is 2. The van der Waals surface area contributed by atoms with Crippen LogP contribution < -0.4 is 25.0 Å². The molecule has 1 aliphatic heterocycles. The molecule has 0 saturated carbocycles. The number of likely N-dealkylation sites (N-methyl/N-ethyl adjacent to an activating group) is 1. The third-order valence-electron chi connectivity index (χ3n) is 5.58. The van der Waals surface area contributed by atoms with Gasteiger partial charge in [0, 0.05) is 51.5 Å². The van der Waals surface area contributed by atoms with Gasteiger partial charge in [-0.2, -0.15) is 0 Å². The Balaban J connectivity index is 0.00000385. The molecule has 0 bridgehead atoms. The van der Waals surface area contributed by atoms with Gasteiger partial charge in [0.1, 0.15) is 5.82 Å². The molecule has 1 fully saturated rings. The van der Waals surface area contributed by atoms with E-state index in [4.69, 9.17) is 9.47 Å². The summed E-state index contributed by atoms with van der Waals surface area (Å²) in [7, 11) is 3.31. The molecule has 182 valence electrons. The summed E-state index contributed by atoms with van der Waals surface area (Å²) >= 11 is 0. The smallest absolute Gasteiger partial charge is 0.195 e. The van der Waals surface area contributed by atoms with Crippen LogP contribution in [0.4, 0.5) is 15.8 Å². The van der Waals surface area contributed by atoms with E-state index in [0.717, 1.165) is 44.0 Å². The summed E-state index contributed by atoms with van der Waals surface area (Å²) in [6, 6.07) is 11.0. The highest BCUT2D eigenvalue weighted by Gasteiger charge is 2.18. The predicted molar refractivity (Wildman–Crippen MR) is 144 cm³/mol. The van der Waals surface area contributed by atoms with Crippen LogP contribution in [0.2, 0.25) is 0 Å². The quantitative estimate of drug-likeness (QED) is 0.282. The summed E-state index contributed by atoms with van der Waals surface area (Å²) in [5, 5.41) is 6.47. The highest BCUT2D eigenvalue weighted by molar-refractivity contribution is 14.0. The lowest BCUT2D eigenvalue weighted by Gasteiger charge is -2.35. The van der Waals surface area contributed by atoms with E-state index in [1.807, 2.05) is 37.3 Å². The molecule has 2 N–H and O–H groups in total. The van der Waals surface area contributed by atoms with E-state index in [1.54, 1.807) is 20.2 Å². The van der Waals surface area contributed by atoms with Crippen LogP contribution >= 0.6 is 24.0 Å². The number of methoxy groups -OCH3 is 1. The monoisotopic (exact) mass is 571 g/mol. The van der Waals surface area contributed by atoms with Crippen molar-refractivity contribution >= 4 is 41.3 Å². The summed E-state index contributed by atoms with van der Waals surface area (Å²) < 4.78 is 25.8. The molecule has 2 aromatic carbocycles. The van der Waals surface area contributed by atoms with Crippen LogP contribution in [0.1, 0.15) is 19.4 Å². The van der Waals surface area contributed by atoms with E-state index < -0.39 is 0 Å². The van der Waals surface area contributed by atoms with Crippen molar-refractivity contribution in [1.82, 2.24) is 10.2 Å². The summed E-state index contributed by atoms with van der Waals surface area (Å²) in [6.45, 7) is 9.77. The molecule has 1 heterocycles. The van der Waals surface area contributed by atoms with Gasteiger partial charge in [-0.05, 0) is 43.3 Å². The number of nitrogens with zero attached hydrogens (tertiary/aromatic N) is 3. The second kappa shape index (κ2) is 13.4. The van der Waals surface area contributed by atoms with Crippen LogP contribution in [-0.2, 0) is 6.54 Å². The molecular weight excluding hydrogens is 536 g/mol. The number of aliphatic imine (C=N–C) groups is 1. The molecule has 0 atom stereocenters. The first-order valence-electron chi connectivity index (χ1n) is 11.1.